The van der Waals surface area contributed by atoms with E-state index in [-0.39, 0.29) is 12.5 Å². The molecule has 1 fully saturated rings. The minimum Gasteiger partial charge on any atom is -0.326 e. The standard InChI is InChI=1S/C15H18ClN3O3S/c1-9-7-10(16)3-4-11(9)17-13(20)8-19-14(21)12(5-6-23-2)18-15(19)22/h3-4,7,12H,5-6,8H2,1-2H3,(H,17,20)(H,18,22)/t12-/m0/s1. The number of nitrogens with one attached hydrogen (secondary N) is 2. The van der Waals surface area contributed by atoms with Crippen molar-refractivity contribution in [2.45, 2.75) is 19.4 Å². The minimum absolute atomic E-state index is 0.303. The average molecular weight is 356 g/mol. The summed E-state index contributed by atoms with van der Waals surface area (Å²) in [6.07, 6.45) is 2.49. The van der Waals surface area contributed by atoms with Gasteiger partial charge >= 0.3 is 6.03 Å². The third kappa shape index (κ3) is 4.39. The van der Waals surface area contributed by atoms with E-state index in [9.17, 15) is 14.4 Å². The Labute approximate surface area is 143 Å². The van der Waals surface area contributed by atoms with Gasteiger partial charge in [0.1, 0.15) is 12.6 Å². The summed E-state index contributed by atoms with van der Waals surface area (Å²) in [5.41, 5.74) is 1.41. The summed E-state index contributed by atoms with van der Waals surface area (Å²) < 4.78 is 0. The van der Waals surface area contributed by atoms with E-state index in [2.05, 4.69) is 10.6 Å². The number of urea groups is 1. The van der Waals surface area contributed by atoms with E-state index in [0.29, 0.717) is 17.1 Å². The topological polar surface area (TPSA) is 78.5 Å². The van der Waals surface area contributed by atoms with E-state index < -0.39 is 18.0 Å². The summed E-state index contributed by atoms with van der Waals surface area (Å²) in [6.45, 7) is 1.51. The minimum atomic E-state index is -0.542. The number of hydrogen-bond donors (Lipinski definition) is 2. The SMILES string of the molecule is CSCC[C@@H]1NC(=O)N(CC(=O)Nc2ccc(Cl)cc2C)C1=O. The molecule has 1 atom stereocenters. The second kappa shape index (κ2) is 7.70. The molecule has 4 amide bonds. The van der Waals surface area contributed by atoms with Crippen LogP contribution in [0.25, 0.3) is 0 Å². The summed E-state index contributed by atoms with van der Waals surface area (Å²) in [5, 5.41) is 5.87. The molecule has 0 bridgehead atoms. The zero-order valence-corrected chi connectivity index (χ0v) is 14.5. The van der Waals surface area contributed by atoms with Crippen molar-refractivity contribution in [3.8, 4) is 0 Å². The van der Waals surface area contributed by atoms with Crippen molar-refractivity contribution >= 4 is 46.9 Å². The fourth-order valence-electron chi connectivity index (χ4n) is 2.26. The van der Waals surface area contributed by atoms with Gasteiger partial charge < -0.3 is 10.6 Å². The van der Waals surface area contributed by atoms with Gasteiger partial charge in [-0.1, -0.05) is 11.6 Å². The van der Waals surface area contributed by atoms with E-state index in [1.165, 1.54) is 0 Å². The third-order valence-corrected chi connectivity index (χ3v) is 4.36. The predicted octanol–water partition coefficient (Wildman–Crippen LogP) is 2.26. The molecule has 124 valence electrons. The maximum atomic E-state index is 12.2. The molecular weight excluding hydrogens is 338 g/mol. The number of thioether (sulfide) groups is 1. The van der Waals surface area contributed by atoms with Crippen molar-refractivity contribution < 1.29 is 14.4 Å². The Bertz CT molecular complexity index is 638. The van der Waals surface area contributed by atoms with Crippen molar-refractivity contribution in [1.82, 2.24) is 10.2 Å². The first-order valence-corrected chi connectivity index (χ1v) is 8.86. The summed E-state index contributed by atoms with van der Waals surface area (Å²) in [4.78, 5) is 37.0. The number of carbonyl (C=O) groups is 3. The normalized spacial score (nSPS) is 17.3. The van der Waals surface area contributed by atoms with Crippen LogP contribution >= 0.6 is 23.4 Å². The van der Waals surface area contributed by atoms with Gasteiger partial charge in [0.25, 0.3) is 5.91 Å². The smallest absolute Gasteiger partial charge is 0.325 e. The van der Waals surface area contributed by atoms with Gasteiger partial charge in [0.15, 0.2) is 0 Å². The highest BCUT2D eigenvalue weighted by molar-refractivity contribution is 7.98. The van der Waals surface area contributed by atoms with E-state index in [0.717, 1.165) is 16.2 Å². The highest BCUT2D eigenvalue weighted by Crippen LogP contribution is 2.20. The van der Waals surface area contributed by atoms with E-state index in [1.807, 2.05) is 13.2 Å². The Morgan fingerprint density at radius 2 is 2.17 bits per heavy atom. The summed E-state index contributed by atoms with van der Waals surface area (Å²) in [6, 6.07) is 4.01. The molecule has 23 heavy (non-hydrogen) atoms. The van der Waals surface area contributed by atoms with Crippen LogP contribution in [0.2, 0.25) is 5.02 Å². The van der Waals surface area contributed by atoms with Crippen molar-refractivity contribution in [2.75, 3.05) is 23.9 Å². The van der Waals surface area contributed by atoms with Gasteiger partial charge in [-0.25, -0.2) is 4.79 Å². The van der Waals surface area contributed by atoms with Gasteiger partial charge in [0.2, 0.25) is 5.91 Å². The number of halogens is 1. The Kier molecular flexibility index (Phi) is 5.90. The number of aryl methyl sites for hydroxylation is 1. The first-order chi connectivity index (χ1) is 10.9. The zero-order chi connectivity index (χ0) is 17.0. The van der Waals surface area contributed by atoms with Crippen LogP contribution in [0, 0.1) is 6.92 Å². The lowest BCUT2D eigenvalue weighted by molar-refractivity contribution is -0.130. The summed E-state index contributed by atoms with van der Waals surface area (Å²) in [7, 11) is 0. The second-order valence-corrected chi connectivity index (χ2v) is 6.64. The number of rotatable bonds is 6. The monoisotopic (exact) mass is 355 g/mol. The third-order valence-electron chi connectivity index (χ3n) is 3.48. The van der Waals surface area contributed by atoms with E-state index in [1.54, 1.807) is 30.0 Å². The van der Waals surface area contributed by atoms with Crippen molar-refractivity contribution in [1.29, 1.82) is 0 Å². The Hall–Kier alpha value is -1.73. The van der Waals surface area contributed by atoms with Crippen LogP contribution in [0.3, 0.4) is 0 Å². The second-order valence-electron chi connectivity index (χ2n) is 5.22. The summed E-state index contributed by atoms with van der Waals surface area (Å²) >= 11 is 7.47. The fraction of sp³-hybridized carbons (Fsp3) is 0.400. The Balaban J connectivity index is 1.97. The molecule has 6 nitrogen and oxygen atoms in total. The van der Waals surface area contributed by atoms with Gasteiger partial charge in [-0.2, -0.15) is 11.8 Å². The molecule has 1 aromatic carbocycles. The number of anilines is 1. The molecule has 0 radical (unpaired) electrons. The van der Waals surface area contributed by atoms with Crippen molar-refractivity contribution in [2.24, 2.45) is 0 Å². The number of hydrogen-bond acceptors (Lipinski definition) is 4. The van der Waals surface area contributed by atoms with Gasteiger partial charge in [-0.3, -0.25) is 14.5 Å². The fourth-order valence-corrected chi connectivity index (χ4v) is 2.96. The number of carbonyl (C=O) groups excluding carboxylic acids is 3. The lowest BCUT2D eigenvalue weighted by Gasteiger charge is -2.14. The lowest BCUT2D eigenvalue weighted by Crippen LogP contribution is -2.38. The predicted molar refractivity (Wildman–Crippen MR) is 91.9 cm³/mol. The molecular formula is C15H18ClN3O3S. The lowest BCUT2D eigenvalue weighted by atomic mass is 10.2. The molecule has 1 aromatic rings. The molecule has 2 rings (SSSR count). The molecule has 1 saturated heterocycles. The number of nitrogens with zero attached hydrogens (tertiary/aromatic N) is 1. The maximum absolute atomic E-state index is 12.2. The average Bonchev–Trinajstić information content (AvgIpc) is 2.75. The molecule has 2 N–H and O–H groups in total. The molecule has 8 heteroatoms. The first kappa shape index (κ1) is 17.6. The number of imide groups is 1. The van der Waals surface area contributed by atoms with E-state index in [4.69, 9.17) is 11.6 Å². The van der Waals surface area contributed by atoms with Gasteiger partial charge in [0, 0.05) is 10.7 Å². The van der Waals surface area contributed by atoms with Gasteiger partial charge in [-0.05, 0) is 49.1 Å². The van der Waals surface area contributed by atoms with E-state index >= 15 is 0 Å². The van der Waals surface area contributed by atoms with Crippen LogP contribution in [0.5, 0.6) is 0 Å². The van der Waals surface area contributed by atoms with Crippen LogP contribution in [-0.2, 0) is 9.59 Å². The van der Waals surface area contributed by atoms with Crippen LogP contribution in [-0.4, -0.2) is 47.3 Å². The quantitative estimate of drug-likeness (QED) is 0.767. The van der Waals surface area contributed by atoms with Gasteiger partial charge in [-0.15, -0.1) is 0 Å². The molecule has 0 spiro atoms. The highest BCUT2D eigenvalue weighted by atomic mass is 35.5. The van der Waals surface area contributed by atoms with Crippen LogP contribution < -0.4 is 10.6 Å². The summed E-state index contributed by atoms with van der Waals surface area (Å²) in [5.74, 6) is -0.0165. The molecule has 1 heterocycles. The zero-order valence-electron chi connectivity index (χ0n) is 12.9. The highest BCUT2D eigenvalue weighted by Gasteiger charge is 2.38. The maximum Gasteiger partial charge on any atom is 0.325 e. The Morgan fingerprint density at radius 3 is 2.83 bits per heavy atom. The van der Waals surface area contributed by atoms with Gasteiger partial charge in [0.05, 0.1) is 0 Å². The molecule has 1 aliphatic heterocycles. The number of amides is 4. The largest absolute Gasteiger partial charge is 0.326 e. The number of benzene rings is 1. The molecule has 0 unspecified atom stereocenters. The molecule has 0 saturated carbocycles. The first-order valence-electron chi connectivity index (χ1n) is 7.09. The van der Waals surface area contributed by atoms with Crippen LogP contribution in [0.1, 0.15) is 12.0 Å². The molecule has 1 aliphatic rings. The molecule has 0 aromatic heterocycles. The van der Waals surface area contributed by atoms with Crippen LogP contribution in [0.15, 0.2) is 18.2 Å². The Morgan fingerprint density at radius 1 is 1.43 bits per heavy atom. The van der Waals surface area contributed by atoms with Crippen molar-refractivity contribution in [3.63, 3.8) is 0 Å². The van der Waals surface area contributed by atoms with Crippen LogP contribution in [0.4, 0.5) is 10.5 Å². The van der Waals surface area contributed by atoms with Crippen molar-refractivity contribution in [3.05, 3.63) is 28.8 Å². The molecule has 0 aliphatic carbocycles.